The highest BCUT2D eigenvalue weighted by Crippen LogP contribution is 1.97. The number of carbonyl (C=O) groups is 2. The fourth-order valence-electron chi connectivity index (χ4n) is 1.39. The van der Waals surface area contributed by atoms with Crippen LogP contribution in [0.1, 0.15) is 25.6 Å². The van der Waals surface area contributed by atoms with Crippen LogP contribution in [0.4, 0.5) is 4.79 Å². The summed E-state index contributed by atoms with van der Waals surface area (Å²) < 4.78 is 1.53. The largest absolute Gasteiger partial charge is 0.480 e. The zero-order valence-corrected chi connectivity index (χ0v) is 10.4. The summed E-state index contributed by atoms with van der Waals surface area (Å²) in [5.74, 6) is -0.446. The molecule has 0 bridgehead atoms. The van der Waals surface area contributed by atoms with Gasteiger partial charge in [-0.05, 0) is 6.42 Å². The quantitative estimate of drug-likeness (QED) is 0.656. The van der Waals surface area contributed by atoms with E-state index in [4.69, 9.17) is 5.11 Å². The average molecular weight is 255 g/mol. The van der Waals surface area contributed by atoms with Gasteiger partial charge in [-0.15, -0.1) is 0 Å². The summed E-state index contributed by atoms with van der Waals surface area (Å²) in [6.07, 6.45) is 2.46. The molecule has 18 heavy (non-hydrogen) atoms. The lowest BCUT2D eigenvalue weighted by molar-refractivity contribution is -0.139. The van der Waals surface area contributed by atoms with Gasteiger partial charge in [-0.2, -0.15) is 5.10 Å². The first-order chi connectivity index (χ1) is 8.54. The molecule has 0 fully saturated rings. The number of aryl methyl sites for hydroxylation is 1. The Morgan fingerprint density at radius 2 is 2.28 bits per heavy atom. The van der Waals surface area contributed by atoms with E-state index in [0.29, 0.717) is 18.7 Å². The molecule has 1 atom stereocenters. The minimum Gasteiger partial charge on any atom is -0.480 e. The van der Waals surface area contributed by atoms with Crippen LogP contribution in [0.3, 0.4) is 0 Å². The molecular weight excluding hydrogens is 238 g/mol. The number of carboxylic acid groups (broad SMARTS) is 1. The van der Waals surface area contributed by atoms with Crippen LogP contribution in [0.2, 0.25) is 0 Å². The van der Waals surface area contributed by atoms with Crippen molar-refractivity contribution in [3.8, 4) is 0 Å². The molecule has 1 unspecified atom stereocenters. The number of hydrogen-bond acceptors (Lipinski definition) is 4. The van der Waals surface area contributed by atoms with Gasteiger partial charge in [0.1, 0.15) is 18.2 Å². The van der Waals surface area contributed by atoms with E-state index >= 15 is 0 Å². The predicted molar refractivity (Wildman–Crippen MR) is 62.7 cm³/mol. The molecule has 100 valence electrons. The van der Waals surface area contributed by atoms with Gasteiger partial charge in [0.05, 0.1) is 6.54 Å². The van der Waals surface area contributed by atoms with Crippen LogP contribution in [0.25, 0.3) is 0 Å². The zero-order valence-electron chi connectivity index (χ0n) is 10.4. The molecule has 8 nitrogen and oxygen atoms in total. The summed E-state index contributed by atoms with van der Waals surface area (Å²) >= 11 is 0. The van der Waals surface area contributed by atoms with E-state index in [-0.39, 0.29) is 6.54 Å². The number of aliphatic carboxylic acids is 1. The highest BCUT2D eigenvalue weighted by Gasteiger charge is 2.18. The minimum atomic E-state index is -1.04. The average Bonchev–Trinajstić information content (AvgIpc) is 2.71. The Morgan fingerprint density at radius 3 is 2.78 bits per heavy atom. The molecular formula is C10H17N5O3. The lowest BCUT2D eigenvalue weighted by Crippen LogP contribution is -2.45. The van der Waals surface area contributed by atoms with Gasteiger partial charge in [0, 0.05) is 7.05 Å². The maximum absolute atomic E-state index is 11.5. The van der Waals surface area contributed by atoms with Crippen LogP contribution in [-0.2, 0) is 18.4 Å². The second kappa shape index (κ2) is 6.58. The molecule has 3 N–H and O–H groups in total. The molecule has 0 saturated heterocycles. The summed E-state index contributed by atoms with van der Waals surface area (Å²) in [4.78, 5) is 26.3. The summed E-state index contributed by atoms with van der Waals surface area (Å²) in [6.45, 7) is 2.05. The third-order valence-electron chi connectivity index (χ3n) is 2.39. The predicted octanol–water partition coefficient (Wildman–Crippen LogP) is -0.132. The topological polar surface area (TPSA) is 109 Å². The van der Waals surface area contributed by atoms with Crippen molar-refractivity contribution in [1.82, 2.24) is 25.4 Å². The Labute approximate surface area is 104 Å². The van der Waals surface area contributed by atoms with Crippen LogP contribution >= 0.6 is 0 Å². The van der Waals surface area contributed by atoms with Crippen molar-refractivity contribution < 1.29 is 14.7 Å². The third-order valence-corrected chi connectivity index (χ3v) is 2.39. The fraction of sp³-hybridized carbons (Fsp3) is 0.600. The number of carbonyl (C=O) groups excluding carboxylic acids is 1. The Kier molecular flexibility index (Phi) is 5.09. The van der Waals surface area contributed by atoms with Gasteiger partial charge in [-0.3, -0.25) is 4.68 Å². The van der Waals surface area contributed by atoms with Crippen LogP contribution < -0.4 is 10.6 Å². The monoisotopic (exact) mass is 255 g/mol. The fourth-order valence-corrected chi connectivity index (χ4v) is 1.39. The molecule has 0 spiro atoms. The van der Waals surface area contributed by atoms with E-state index in [1.54, 1.807) is 7.05 Å². The van der Waals surface area contributed by atoms with Gasteiger partial charge in [-0.1, -0.05) is 13.3 Å². The van der Waals surface area contributed by atoms with E-state index in [1.165, 1.54) is 11.0 Å². The number of rotatable bonds is 6. The Morgan fingerprint density at radius 1 is 1.56 bits per heavy atom. The summed E-state index contributed by atoms with van der Waals surface area (Å²) in [7, 11) is 1.71. The molecule has 0 radical (unpaired) electrons. The maximum atomic E-state index is 11.5. The second-order valence-corrected chi connectivity index (χ2v) is 3.81. The van der Waals surface area contributed by atoms with Gasteiger partial charge in [-0.25, -0.2) is 14.6 Å². The molecule has 0 aliphatic rings. The smallest absolute Gasteiger partial charge is 0.326 e. The van der Waals surface area contributed by atoms with Crippen molar-refractivity contribution in [2.75, 3.05) is 0 Å². The lowest BCUT2D eigenvalue weighted by atomic mass is 10.2. The molecule has 0 aliphatic carbocycles. The van der Waals surface area contributed by atoms with Gasteiger partial charge >= 0.3 is 12.0 Å². The summed E-state index contributed by atoms with van der Waals surface area (Å²) in [5.41, 5.74) is 0. The third kappa shape index (κ3) is 4.04. The van der Waals surface area contributed by atoms with E-state index in [2.05, 4.69) is 20.7 Å². The molecule has 1 heterocycles. The van der Waals surface area contributed by atoms with Crippen LogP contribution in [-0.4, -0.2) is 37.9 Å². The number of hydrogen-bond donors (Lipinski definition) is 3. The van der Waals surface area contributed by atoms with Gasteiger partial charge in [0.25, 0.3) is 0 Å². The Hall–Kier alpha value is -2.12. The highest BCUT2D eigenvalue weighted by atomic mass is 16.4. The molecule has 2 amide bonds. The maximum Gasteiger partial charge on any atom is 0.326 e. The summed E-state index contributed by atoms with van der Waals surface area (Å²) in [6, 6.07) is -1.40. The molecule has 8 heteroatoms. The first kappa shape index (κ1) is 13.9. The number of carboxylic acids is 1. The molecule has 0 aromatic carbocycles. The van der Waals surface area contributed by atoms with E-state index in [0.717, 1.165) is 0 Å². The number of nitrogens with zero attached hydrogens (tertiary/aromatic N) is 3. The van der Waals surface area contributed by atoms with Crippen molar-refractivity contribution >= 4 is 12.0 Å². The SMILES string of the molecule is CCCC(NC(=O)NCc1ncnn1C)C(=O)O. The first-order valence-electron chi connectivity index (χ1n) is 5.64. The number of urea groups is 1. The van der Waals surface area contributed by atoms with Crippen molar-refractivity contribution in [1.29, 1.82) is 0 Å². The van der Waals surface area contributed by atoms with Crippen molar-refractivity contribution in [3.63, 3.8) is 0 Å². The van der Waals surface area contributed by atoms with E-state index < -0.39 is 18.0 Å². The van der Waals surface area contributed by atoms with Crippen molar-refractivity contribution in [2.45, 2.75) is 32.4 Å². The van der Waals surface area contributed by atoms with Crippen LogP contribution in [0.15, 0.2) is 6.33 Å². The van der Waals surface area contributed by atoms with E-state index in [9.17, 15) is 9.59 Å². The zero-order chi connectivity index (χ0) is 13.5. The molecule has 1 aromatic rings. The van der Waals surface area contributed by atoms with Crippen molar-refractivity contribution in [2.24, 2.45) is 7.05 Å². The molecule has 0 aliphatic heterocycles. The summed E-state index contributed by atoms with van der Waals surface area (Å²) in [5, 5.41) is 17.7. The van der Waals surface area contributed by atoms with Gasteiger partial charge < -0.3 is 15.7 Å². The number of amides is 2. The minimum absolute atomic E-state index is 0.195. The normalized spacial score (nSPS) is 11.9. The Bertz CT molecular complexity index is 417. The van der Waals surface area contributed by atoms with Gasteiger partial charge in [0.2, 0.25) is 0 Å². The lowest BCUT2D eigenvalue weighted by Gasteiger charge is -2.13. The first-order valence-corrected chi connectivity index (χ1v) is 5.64. The standard InChI is InChI=1S/C10H17N5O3/c1-3-4-7(9(16)17)14-10(18)11-5-8-12-6-13-15(8)2/h6-7H,3-5H2,1-2H3,(H,16,17)(H2,11,14,18). The van der Waals surface area contributed by atoms with Crippen LogP contribution in [0, 0.1) is 0 Å². The van der Waals surface area contributed by atoms with E-state index in [1.807, 2.05) is 6.92 Å². The highest BCUT2D eigenvalue weighted by molar-refractivity contribution is 5.82. The van der Waals surface area contributed by atoms with Crippen molar-refractivity contribution in [3.05, 3.63) is 12.2 Å². The number of aromatic nitrogens is 3. The van der Waals surface area contributed by atoms with Gasteiger partial charge in [0.15, 0.2) is 0 Å². The molecule has 0 saturated carbocycles. The Balaban J connectivity index is 2.41. The second-order valence-electron chi connectivity index (χ2n) is 3.81. The molecule has 1 rings (SSSR count). The van der Waals surface area contributed by atoms with Crippen LogP contribution in [0.5, 0.6) is 0 Å². The number of nitrogens with one attached hydrogen (secondary N) is 2. The molecule has 1 aromatic heterocycles.